The van der Waals surface area contributed by atoms with Crippen LogP contribution in [0.2, 0.25) is 0 Å². The Bertz CT molecular complexity index is 585. The van der Waals surface area contributed by atoms with Gasteiger partial charge in [-0.1, -0.05) is 37.4 Å². The van der Waals surface area contributed by atoms with Crippen molar-refractivity contribution in [2.24, 2.45) is 0 Å². The number of nitrogens with zero attached hydrogens (tertiary/aromatic N) is 2. The molecule has 5 nitrogen and oxygen atoms in total. The number of thioether (sulfide) groups is 1. The van der Waals surface area contributed by atoms with Gasteiger partial charge in [0.2, 0.25) is 11.8 Å². The fourth-order valence-electron chi connectivity index (χ4n) is 3.26. The number of nitrogens with one attached hydrogen (secondary N) is 1. The summed E-state index contributed by atoms with van der Waals surface area (Å²) in [5, 5.41) is 3.56. The van der Waals surface area contributed by atoms with Crippen LogP contribution in [0, 0.1) is 0 Å². The van der Waals surface area contributed by atoms with Gasteiger partial charge in [-0.05, 0) is 25.0 Å². The van der Waals surface area contributed by atoms with Crippen LogP contribution in [0.1, 0.15) is 44.9 Å². The van der Waals surface area contributed by atoms with E-state index in [1.807, 2.05) is 12.1 Å². The highest BCUT2D eigenvalue weighted by Gasteiger charge is 2.33. The highest BCUT2D eigenvalue weighted by Crippen LogP contribution is 2.37. The molecule has 2 amide bonds. The molecule has 6 heteroatoms. The number of rotatable bonds is 3. The van der Waals surface area contributed by atoms with Crippen molar-refractivity contribution in [1.82, 2.24) is 10.3 Å². The fourth-order valence-corrected chi connectivity index (χ4v) is 4.47. The molecule has 1 saturated carbocycles. The van der Waals surface area contributed by atoms with Crippen LogP contribution in [0.25, 0.3) is 0 Å². The number of aromatic nitrogens is 1. The number of fused-ring (bicyclic) bond motifs is 1. The van der Waals surface area contributed by atoms with Gasteiger partial charge in [0.1, 0.15) is 5.03 Å². The Hall–Kier alpha value is -1.56. The van der Waals surface area contributed by atoms with Crippen molar-refractivity contribution in [3.8, 4) is 0 Å². The molecule has 0 spiro atoms. The molecular formula is C17H23N3O2S. The molecule has 1 aliphatic carbocycles. The molecule has 0 bridgehead atoms. The molecule has 124 valence electrons. The lowest BCUT2D eigenvalue weighted by Crippen LogP contribution is -2.42. The van der Waals surface area contributed by atoms with E-state index in [2.05, 4.69) is 10.3 Å². The van der Waals surface area contributed by atoms with Crippen LogP contribution < -0.4 is 10.2 Å². The zero-order valence-electron chi connectivity index (χ0n) is 13.5. The molecule has 1 aliphatic heterocycles. The molecule has 0 radical (unpaired) electrons. The number of carbonyl (C=O) groups excluding carboxylic acids is 2. The Morgan fingerprint density at radius 3 is 2.83 bits per heavy atom. The van der Waals surface area contributed by atoms with Crippen molar-refractivity contribution in [2.45, 2.75) is 61.3 Å². The molecule has 3 rings (SSSR count). The number of hydrogen-bond acceptors (Lipinski definition) is 4. The number of amides is 2. The summed E-state index contributed by atoms with van der Waals surface area (Å²) < 4.78 is 0. The summed E-state index contributed by atoms with van der Waals surface area (Å²) in [6.07, 6.45) is 8.94. The lowest BCUT2D eigenvalue weighted by atomic mass is 10.1. The second-order valence-corrected chi connectivity index (χ2v) is 7.48. The van der Waals surface area contributed by atoms with E-state index < -0.39 is 0 Å². The molecule has 1 unspecified atom stereocenters. The van der Waals surface area contributed by atoms with E-state index in [9.17, 15) is 9.59 Å². The Balaban J connectivity index is 1.61. The molecule has 1 aromatic rings. The highest BCUT2D eigenvalue weighted by molar-refractivity contribution is 8.00. The molecule has 1 aromatic heterocycles. The first-order valence-electron chi connectivity index (χ1n) is 8.34. The van der Waals surface area contributed by atoms with E-state index >= 15 is 0 Å². The Morgan fingerprint density at radius 2 is 2.09 bits per heavy atom. The van der Waals surface area contributed by atoms with Crippen LogP contribution >= 0.6 is 11.8 Å². The van der Waals surface area contributed by atoms with E-state index in [0.717, 1.165) is 23.6 Å². The minimum atomic E-state index is -0.381. The molecule has 2 heterocycles. The van der Waals surface area contributed by atoms with Crippen LogP contribution in [0.3, 0.4) is 0 Å². The van der Waals surface area contributed by atoms with Crippen LogP contribution in [0.15, 0.2) is 23.4 Å². The molecule has 1 fully saturated rings. The normalized spacial score (nSPS) is 22.4. The topological polar surface area (TPSA) is 62.3 Å². The fraction of sp³-hybridized carbons (Fsp3) is 0.588. The Labute approximate surface area is 141 Å². The van der Waals surface area contributed by atoms with Gasteiger partial charge in [-0.3, -0.25) is 9.59 Å². The molecule has 2 aliphatic rings. The van der Waals surface area contributed by atoms with Crippen molar-refractivity contribution in [2.75, 3.05) is 11.9 Å². The zero-order valence-corrected chi connectivity index (χ0v) is 14.3. The monoisotopic (exact) mass is 333 g/mol. The van der Waals surface area contributed by atoms with Crippen molar-refractivity contribution in [1.29, 1.82) is 0 Å². The summed E-state index contributed by atoms with van der Waals surface area (Å²) >= 11 is 1.40. The number of hydrogen-bond donors (Lipinski definition) is 1. The summed E-state index contributed by atoms with van der Waals surface area (Å²) in [6, 6.07) is 3.98. The SMILES string of the molecule is CN1C(=O)C(CC(=O)NC2CCCCCC2)Sc2ncccc21. The number of pyridine rings is 1. The van der Waals surface area contributed by atoms with Gasteiger partial charge in [0.25, 0.3) is 0 Å². The predicted molar refractivity (Wildman–Crippen MR) is 91.5 cm³/mol. The van der Waals surface area contributed by atoms with E-state index in [4.69, 9.17) is 0 Å². The first-order valence-corrected chi connectivity index (χ1v) is 9.21. The number of anilines is 1. The zero-order chi connectivity index (χ0) is 16.2. The van der Waals surface area contributed by atoms with E-state index in [1.165, 1.54) is 37.4 Å². The third-order valence-electron chi connectivity index (χ3n) is 4.56. The van der Waals surface area contributed by atoms with Crippen LogP contribution in [-0.4, -0.2) is 35.1 Å². The second-order valence-electron chi connectivity index (χ2n) is 6.29. The van der Waals surface area contributed by atoms with Crippen LogP contribution in [-0.2, 0) is 9.59 Å². The van der Waals surface area contributed by atoms with Crippen molar-refractivity contribution < 1.29 is 9.59 Å². The molecule has 0 aromatic carbocycles. The standard InChI is InChI=1S/C17H23N3O2S/c1-20-13-9-6-10-18-16(13)23-14(17(20)22)11-15(21)19-12-7-4-2-3-5-8-12/h6,9-10,12,14H,2-5,7-8,11H2,1H3,(H,19,21). The van der Waals surface area contributed by atoms with Gasteiger partial charge >= 0.3 is 0 Å². The average molecular weight is 333 g/mol. The molecule has 1 N–H and O–H groups in total. The van der Waals surface area contributed by atoms with E-state index in [-0.39, 0.29) is 29.5 Å². The van der Waals surface area contributed by atoms with Crippen molar-refractivity contribution >= 4 is 29.3 Å². The average Bonchev–Trinajstić information content (AvgIpc) is 2.81. The molecule has 0 saturated heterocycles. The lowest BCUT2D eigenvalue weighted by molar-refractivity contribution is -0.125. The maximum atomic E-state index is 12.5. The molecular weight excluding hydrogens is 310 g/mol. The van der Waals surface area contributed by atoms with Crippen LogP contribution in [0.4, 0.5) is 5.69 Å². The first kappa shape index (κ1) is 16.3. The maximum Gasteiger partial charge on any atom is 0.240 e. The van der Waals surface area contributed by atoms with Crippen molar-refractivity contribution in [3.05, 3.63) is 18.3 Å². The van der Waals surface area contributed by atoms with Crippen LogP contribution in [0.5, 0.6) is 0 Å². The predicted octanol–water partition coefficient (Wildman–Crippen LogP) is 2.75. The summed E-state index contributed by atoms with van der Waals surface area (Å²) in [5.74, 6) is -0.0398. The van der Waals surface area contributed by atoms with Gasteiger partial charge in [0.15, 0.2) is 0 Å². The quantitative estimate of drug-likeness (QED) is 0.864. The maximum absolute atomic E-state index is 12.5. The van der Waals surface area contributed by atoms with Gasteiger partial charge in [-0.25, -0.2) is 4.98 Å². The number of carbonyl (C=O) groups is 2. The van der Waals surface area contributed by atoms with Gasteiger partial charge in [0.05, 0.1) is 10.9 Å². The summed E-state index contributed by atoms with van der Waals surface area (Å²) in [5.41, 5.74) is 0.822. The molecule has 23 heavy (non-hydrogen) atoms. The van der Waals surface area contributed by atoms with Crippen molar-refractivity contribution in [3.63, 3.8) is 0 Å². The van der Waals surface area contributed by atoms with Gasteiger partial charge in [-0.2, -0.15) is 0 Å². The van der Waals surface area contributed by atoms with Gasteiger partial charge < -0.3 is 10.2 Å². The highest BCUT2D eigenvalue weighted by atomic mass is 32.2. The smallest absolute Gasteiger partial charge is 0.240 e. The second kappa shape index (κ2) is 7.34. The van der Waals surface area contributed by atoms with Gasteiger partial charge in [-0.15, -0.1) is 0 Å². The summed E-state index contributed by atoms with van der Waals surface area (Å²) in [4.78, 5) is 30.7. The third-order valence-corrected chi connectivity index (χ3v) is 5.75. The Morgan fingerprint density at radius 1 is 1.35 bits per heavy atom. The largest absolute Gasteiger partial charge is 0.353 e. The third kappa shape index (κ3) is 3.86. The molecule has 1 atom stereocenters. The summed E-state index contributed by atoms with van der Waals surface area (Å²) in [7, 11) is 1.75. The van der Waals surface area contributed by atoms with E-state index in [0.29, 0.717) is 0 Å². The summed E-state index contributed by atoms with van der Waals surface area (Å²) in [6.45, 7) is 0. The lowest BCUT2D eigenvalue weighted by Gasteiger charge is -2.30. The first-order chi connectivity index (χ1) is 11.1. The minimum absolute atomic E-state index is 0.0180. The Kier molecular flexibility index (Phi) is 5.20. The minimum Gasteiger partial charge on any atom is -0.353 e. The van der Waals surface area contributed by atoms with E-state index in [1.54, 1.807) is 18.1 Å². The van der Waals surface area contributed by atoms with Gasteiger partial charge in [0, 0.05) is 25.7 Å².